The average molecular weight is 433 g/mol. The second kappa shape index (κ2) is 10.8. The zero-order valence-electron chi connectivity index (χ0n) is 17.9. The van der Waals surface area contributed by atoms with Gasteiger partial charge in [0.2, 0.25) is 17.7 Å². The Morgan fingerprint density at radius 3 is 2.57 bits per heavy atom. The predicted octanol–water partition coefficient (Wildman–Crippen LogP) is 3.18. The van der Waals surface area contributed by atoms with Crippen molar-refractivity contribution in [2.24, 2.45) is 11.8 Å². The van der Waals surface area contributed by atoms with Crippen LogP contribution in [-0.4, -0.2) is 53.8 Å². The number of nitrogens with one attached hydrogen (secondary N) is 1. The molecule has 6 nitrogen and oxygen atoms in total. The molecule has 1 saturated carbocycles. The largest absolute Gasteiger partial charge is 0.494 e. The number of hydrogen-bond acceptors (Lipinski definition) is 5. The van der Waals surface area contributed by atoms with Crippen LogP contribution in [0.2, 0.25) is 0 Å². The lowest BCUT2D eigenvalue weighted by molar-refractivity contribution is -0.148. The van der Waals surface area contributed by atoms with Crippen molar-refractivity contribution in [3.8, 4) is 5.75 Å². The molecule has 3 amide bonds. The van der Waals surface area contributed by atoms with Gasteiger partial charge in [-0.1, -0.05) is 25.0 Å². The number of imide groups is 1. The number of rotatable bonds is 10. The van der Waals surface area contributed by atoms with Crippen molar-refractivity contribution < 1.29 is 19.1 Å². The molecule has 1 saturated heterocycles. The number of amides is 3. The molecule has 3 rings (SSSR count). The summed E-state index contributed by atoms with van der Waals surface area (Å²) in [6.45, 7) is 2.95. The first-order valence-electron chi connectivity index (χ1n) is 10.9. The first-order chi connectivity index (χ1) is 14.5. The van der Waals surface area contributed by atoms with Crippen LogP contribution in [-0.2, 0) is 14.4 Å². The molecule has 7 heteroatoms. The Balaban J connectivity index is 1.53. The molecule has 1 aromatic rings. The van der Waals surface area contributed by atoms with Crippen LogP contribution in [0.5, 0.6) is 5.75 Å². The van der Waals surface area contributed by atoms with E-state index in [0.717, 1.165) is 42.7 Å². The molecular weight excluding hydrogens is 400 g/mol. The van der Waals surface area contributed by atoms with Gasteiger partial charge in [-0.05, 0) is 62.3 Å². The molecule has 0 aromatic heterocycles. The summed E-state index contributed by atoms with van der Waals surface area (Å²) >= 11 is 1.62. The van der Waals surface area contributed by atoms with Crippen molar-refractivity contribution in [1.82, 2.24) is 10.2 Å². The van der Waals surface area contributed by atoms with Crippen molar-refractivity contribution >= 4 is 29.5 Å². The molecule has 30 heavy (non-hydrogen) atoms. The molecule has 3 unspecified atom stereocenters. The third kappa shape index (κ3) is 5.36. The summed E-state index contributed by atoms with van der Waals surface area (Å²) in [4.78, 5) is 40.0. The lowest BCUT2D eigenvalue weighted by Crippen LogP contribution is -2.50. The van der Waals surface area contributed by atoms with E-state index in [0.29, 0.717) is 26.0 Å². The number of nitrogens with zero attached hydrogens (tertiary/aromatic N) is 1. The molecule has 1 heterocycles. The van der Waals surface area contributed by atoms with Crippen LogP contribution in [0.25, 0.3) is 0 Å². The van der Waals surface area contributed by atoms with Gasteiger partial charge < -0.3 is 10.1 Å². The zero-order valence-corrected chi connectivity index (χ0v) is 18.7. The topological polar surface area (TPSA) is 75.7 Å². The second-order valence-corrected chi connectivity index (χ2v) is 9.14. The Labute approximate surface area is 183 Å². The Hall–Kier alpha value is -2.02. The number of carbonyl (C=O) groups is 3. The van der Waals surface area contributed by atoms with Crippen LogP contribution in [0, 0.1) is 18.8 Å². The molecule has 0 bridgehead atoms. The lowest BCUT2D eigenvalue weighted by atomic mass is 9.81. The minimum atomic E-state index is -0.708. The van der Waals surface area contributed by atoms with Crippen LogP contribution < -0.4 is 10.1 Å². The van der Waals surface area contributed by atoms with Gasteiger partial charge in [0, 0.05) is 6.54 Å². The minimum absolute atomic E-state index is 0.145. The molecule has 1 N–H and O–H groups in total. The third-order valence-corrected chi connectivity index (χ3v) is 6.61. The van der Waals surface area contributed by atoms with Gasteiger partial charge in [-0.25, -0.2) is 0 Å². The van der Waals surface area contributed by atoms with Gasteiger partial charge >= 0.3 is 0 Å². The summed E-state index contributed by atoms with van der Waals surface area (Å²) in [7, 11) is 0. The van der Waals surface area contributed by atoms with Crippen molar-refractivity contribution in [2.75, 3.05) is 25.2 Å². The predicted molar refractivity (Wildman–Crippen MR) is 118 cm³/mol. The van der Waals surface area contributed by atoms with Crippen molar-refractivity contribution in [2.45, 2.75) is 51.5 Å². The number of benzene rings is 1. The van der Waals surface area contributed by atoms with Crippen LogP contribution >= 0.6 is 11.8 Å². The monoisotopic (exact) mass is 432 g/mol. The van der Waals surface area contributed by atoms with E-state index in [1.54, 1.807) is 11.8 Å². The van der Waals surface area contributed by atoms with Gasteiger partial charge in [0.1, 0.15) is 11.8 Å². The summed E-state index contributed by atoms with van der Waals surface area (Å²) in [5, 5.41) is 2.91. The third-order valence-electron chi connectivity index (χ3n) is 5.96. The quantitative estimate of drug-likeness (QED) is 0.454. The fraction of sp³-hybridized carbons (Fsp3) is 0.609. The maximum absolute atomic E-state index is 12.9. The van der Waals surface area contributed by atoms with Gasteiger partial charge in [0.05, 0.1) is 18.4 Å². The van der Waals surface area contributed by atoms with Gasteiger partial charge in [-0.2, -0.15) is 11.8 Å². The van der Waals surface area contributed by atoms with E-state index < -0.39 is 6.04 Å². The number of ether oxygens (including phenoxy) is 1. The highest BCUT2D eigenvalue weighted by Gasteiger charge is 2.51. The highest BCUT2D eigenvalue weighted by molar-refractivity contribution is 7.98. The second-order valence-electron chi connectivity index (χ2n) is 8.15. The summed E-state index contributed by atoms with van der Waals surface area (Å²) in [5.41, 5.74) is 1.14. The van der Waals surface area contributed by atoms with E-state index in [-0.39, 0.29) is 29.6 Å². The Bertz CT molecular complexity index is 745. The van der Waals surface area contributed by atoms with Gasteiger partial charge in [0.25, 0.3) is 0 Å². The number of likely N-dealkylation sites (tertiary alicyclic amines) is 1. The number of fused-ring (bicyclic) bond motifs is 1. The molecule has 3 atom stereocenters. The lowest BCUT2D eigenvalue weighted by Gasteiger charge is -2.26. The van der Waals surface area contributed by atoms with E-state index in [2.05, 4.69) is 5.32 Å². The molecular formula is C23H32N2O4S. The summed E-state index contributed by atoms with van der Waals surface area (Å²) in [5.74, 6) is 0.565. The Morgan fingerprint density at radius 1 is 1.23 bits per heavy atom. The van der Waals surface area contributed by atoms with E-state index in [1.807, 2.05) is 37.4 Å². The summed E-state index contributed by atoms with van der Waals surface area (Å²) < 4.78 is 5.72. The van der Waals surface area contributed by atoms with Gasteiger partial charge in [0.15, 0.2) is 0 Å². The Kier molecular flexibility index (Phi) is 8.19. The first kappa shape index (κ1) is 22.7. The molecule has 2 aliphatic rings. The van der Waals surface area contributed by atoms with Gasteiger partial charge in [-0.3, -0.25) is 19.3 Å². The summed E-state index contributed by atoms with van der Waals surface area (Å²) in [6, 6.07) is 7.14. The smallest absolute Gasteiger partial charge is 0.243 e. The fourth-order valence-electron chi connectivity index (χ4n) is 4.40. The van der Waals surface area contributed by atoms with Crippen LogP contribution in [0.3, 0.4) is 0 Å². The average Bonchev–Trinajstić information content (AvgIpc) is 2.99. The van der Waals surface area contributed by atoms with E-state index in [1.165, 1.54) is 4.90 Å². The van der Waals surface area contributed by atoms with Crippen molar-refractivity contribution in [3.05, 3.63) is 29.8 Å². The van der Waals surface area contributed by atoms with Crippen LogP contribution in [0.15, 0.2) is 24.3 Å². The molecule has 0 spiro atoms. The molecule has 1 aliphatic carbocycles. The maximum atomic E-state index is 12.9. The van der Waals surface area contributed by atoms with E-state index in [9.17, 15) is 14.4 Å². The highest BCUT2D eigenvalue weighted by Crippen LogP contribution is 2.39. The van der Waals surface area contributed by atoms with E-state index >= 15 is 0 Å². The number of aryl methyl sites for hydroxylation is 1. The number of hydrogen-bond donors (Lipinski definition) is 1. The highest BCUT2D eigenvalue weighted by atomic mass is 32.2. The first-order valence-corrected chi connectivity index (χ1v) is 12.3. The zero-order chi connectivity index (χ0) is 21.5. The SMILES string of the molecule is CSCCC(C(=O)NCCCOc1cccc(C)c1)N1C(=O)C2CCCCC2C1=O. The minimum Gasteiger partial charge on any atom is -0.494 e. The maximum Gasteiger partial charge on any atom is 0.243 e. The molecule has 0 radical (unpaired) electrons. The van der Waals surface area contributed by atoms with Crippen molar-refractivity contribution in [1.29, 1.82) is 0 Å². The fourth-order valence-corrected chi connectivity index (χ4v) is 4.86. The summed E-state index contributed by atoms with van der Waals surface area (Å²) in [6.07, 6.45) is 6.60. The molecule has 2 fully saturated rings. The molecule has 1 aromatic carbocycles. The number of carbonyl (C=O) groups excluding carboxylic acids is 3. The van der Waals surface area contributed by atoms with Gasteiger partial charge in [-0.15, -0.1) is 0 Å². The van der Waals surface area contributed by atoms with E-state index in [4.69, 9.17) is 4.74 Å². The van der Waals surface area contributed by atoms with Crippen LogP contribution in [0.4, 0.5) is 0 Å². The standard InChI is InChI=1S/C23H32N2O4S/c1-16-7-5-8-17(15-16)29-13-6-12-24-21(26)20(11-14-30-2)25-22(27)18-9-3-4-10-19(18)23(25)28/h5,7-8,15,18-20H,3-4,6,9-14H2,1-2H3,(H,24,26). The normalized spacial score (nSPS) is 22.0. The molecule has 1 aliphatic heterocycles. The molecule has 164 valence electrons. The van der Waals surface area contributed by atoms with Crippen molar-refractivity contribution in [3.63, 3.8) is 0 Å². The Morgan fingerprint density at radius 2 is 1.93 bits per heavy atom. The van der Waals surface area contributed by atoms with Crippen LogP contribution in [0.1, 0.15) is 44.1 Å². The number of thioether (sulfide) groups is 1.